The maximum atomic E-state index is 12.3. The Bertz CT molecular complexity index is 516. The van der Waals surface area contributed by atoms with Gasteiger partial charge < -0.3 is 9.73 Å². The lowest BCUT2D eigenvalue weighted by atomic mass is 10.3. The summed E-state index contributed by atoms with van der Waals surface area (Å²) >= 11 is 0. The minimum absolute atomic E-state index is 0.0523. The van der Waals surface area contributed by atoms with Crippen LogP contribution in [0.15, 0.2) is 34.7 Å². The molecule has 0 spiro atoms. The van der Waals surface area contributed by atoms with Gasteiger partial charge in [-0.25, -0.2) is 4.39 Å². The van der Waals surface area contributed by atoms with Crippen molar-refractivity contribution in [2.45, 2.75) is 6.67 Å². The Morgan fingerprint density at radius 1 is 1.38 bits per heavy atom. The van der Waals surface area contributed by atoms with Gasteiger partial charge in [0.15, 0.2) is 6.67 Å². The number of nitrogens with zero attached hydrogens (tertiary/aromatic N) is 2. The second-order valence-corrected chi connectivity index (χ2v) is 3.02. The first-order valence-corrected chi connectivity index (χ1v) is 4.61. The molecule has 0 amide bonds. The van der Waals surface area contributed by atoms with Crippen molar-refractivity contribution in [3.63, 3.8) is 0 Å². The summed E-state index contributed by atoms with van der Waals surface area (Å²) in [5.41, 5.74) is 0.803. The summed E-state index contributed by atoms with van der Waals surface area (Å²) in [5, 5.41) is 11.6. The average Bonchev–Trinajstić information content (AvgIpc) is 2.73. The van der Waals surface area contributed by atoms with Gasteiger partial charge in [-0.05, 0) is 12.1 Å². The Labute approximate surface area is 91.3 Å². The zero-order chi connectivity index (χ0) is 11.4. The minimum Gasteiger partial charge on any atom is -0.421 e. The Morgan fingerprint density at radius 2 is 2.12 bits per heavy atom. The molecule has 0 bridgehead atoms. The fourth-order valence-corrected chi connectivity index (χ4v) is 1.23. The molecule has 1 heterocycles. The van der Waals surface area contributed by atoms with Gasteiger partial charge in [0.25, 0.3) is 0 Å². The second-order valence-electron chi connectivity index (χ2n) is 3.02. The molecule has 2 aromatic rings. The number of nitriles is 1. The molecule has 0 radical (unpaired) electrons. The Kier molecular flexibility index (Phi) is 2.83. The highest BCUT2D eigenvalue weighted by Crippen LogP contribution is 2.21. The van der Waals surface area contributed by atoms with E-state index in [1.807, 2.05) is 24.3 Å². The van der Waals surface area contributed by atoms with Crippen molar-refractivity contribution in [3.05, 3.63) is 41.9 Å². The topological polar surface area (TPSA) is 61.9 Å². The van der Waals surface area contributed by atoms with Crippen LogP contribution in [-0.2, 0) is 6.67 Å². The Hall–Kier alpha value is -2.35. The standard InChI is InChI=1S/C11H8FN3O/c12-6-10-15-9(7-13)11(16-10)14-8-4-2-1-3-5-8/h1-5,14H,6H2. The van der Waals surface area contributed by atoms with Crippen LogP contribution in [0.4, 0.5) is 16.0 Å². The number of para-hydroxylation sites is 1. The lowest BCUT2D eigenvalue weighted by Crippen LogP contribution is -1.90. The van der Waals surface area contributed by atoms with Gasteiger partial charge >= 0.3 is 0 Å². The van der Waals surface area contributed by atoms with Gasteiger partial charge in [0, 0.05) is 5.69 Å². The first kappa shape index (κ1) is 10.2. The fourth-order valence-electron chi connectivity index (χ4n) is 1.23. The number of nitrogens with one attached hydrogen (secondary N) is 1. The first-order valence-electron chi connectivity index (χ1n) is 4.61. The van der Waals surface area contributed by atoms with Crippen LogP contribution >= 0.6 is 0 Å². The largest absolute Gasteiger partial charge is 0.421 e. The summed E-state index contributed by atoms with van der Waals surface area (Å²) in [6.07, 6.45) is 0. The molecule has 1 N–H and O–H groups in total. The van der Waals surface area contributed by atoms with E-state index >= 15 is 0 Å². The number of benzene rings is 1. The van der Waals surface area contributed by atoms with Crippen LogP contribution in [0.5, 0.6) is 0 Å². The van der Waals surface area contributed by atoms with E-state index in [-0.39, 0.29) is 17.5 Å². The first-order chi connectivity index (χ1) is 7.83. The molecule has 80 valence electrons. The fraction of sp³-hybridized carbons (Fsp3) is 0.0909. The lowest BCUT2D eigenvalue weighted by molar-refractivity contribution is 0.386. The number of halogens is 1. The number of rotatable bonds is 3. The summed E-state index contributed by atoms with van der Waals surface area (Å²) in [6.45, 7) is -0.828. The van der Waals surface area contributed by atoms with Crippen molar-refractivity contribution in [1.29, 1.82) is 5.26 Å². The monoisotopic (exact) mass is 217 g/mol. The quantitative estimate of drug-likeness (QED) is 0.858. The van der Waals surface area contributed by atoms with Gasteiger partial charge in [-0.15, -0.1) is 0 Å². The van der Waals surface area contributed by atoms with Crippen molar-refractivity contribution in [2.75, 3.05) is 5.32 Å². The molecule has 0 aliphatic heterocycles. The third-order valence-corrected chi connectivity index (χ3v) is 1.92. The van der Waals surface area contributed by atoms with E-state index in [0.717, 1.165) is 5.69 Å². The van der Waals surface area contributed by atoms with Gasteiger partial charge in [0.05, 0.1) is 0 Å². The third kappa shape index (κ3) is 2.01. The number of aromatic nitrogens is 1. The molecule has 1 aromatic heterocycles. The summed E-state index contributed by atoms with van der Waals surface area (Å²) in [7, 11) is 0. The number of hydrogen-bond acceptors (Lipinski definition) is 4. The summed E-state index contributed by atoms with van der Waals surface area (Å²) in [4.78, 5) is 3.68. The van der Waals surface area contributed by atoms with Crippen LogP contribution < -0.4 is 5.32 Å². The van der Waals surface area contributed by atoms with Crippen LogP contribution in [0.25, 0.3) is 0 Å². The van der Waals surface area contributed by atoms with Crippen molar-refractivity contribution in [2.24, 2.45) is 0 Å². The molecular formula is C11H8FN3O. The molecule has 0 saturated heterocycles. The van der Waals surface area contributed by atoms with Crippen LogP contribution in [0.3, 0.4) is 0 Å². The lowest BCUT2D eigenvalue weighted by Gasteiger charge is -2.00. The molecule has 0 unspecified atom stereocenters. The van der Waals surface area contributed by atoms with Crippen molar-refractivity contribution in [1.82, 2.24) is 4.98 Å². The normalized spacial score (nSPS) is 9.75. The number of hydrogen-bond donors (Lipinski definition) is 1. The van der Waals surface area contributed by atoms with Gasteiger partial charge in [0.2, 0.25) is 17.5 Å². The molecule has 2 rings (SSSR count). The van der Waals surface area contributed by atoms with E-state index in [0.29, 0.717) is 0 Å². The minimum atomic E-state index is -0.828. The molecule has 5 heteroatoms. The number of oxazole rings is 1. The summed E-state index contributed by atoms with van der Waals surface area (Å²) in [5.74, 6) is 0.0660. The highest BCUT2D eigenvalue weighted by Gasteiger charge is 2.12. The average molecular weight is 217 g/mol. The van der Waals surface area contributed by atoms with E-state index < -0.39 is 6.67 Å². The molecule has 0 saturated carbocycles. The molecule has 4 nitrogen and oxygen atoms in total. The van der Waals surface area contributed by atoms with E-state index in [1.165, 1.54) is 0 Å². The van der Waals surface area contributed by atoms with Crippen LogP contribution in [0, 0.1) is 11.3 Å². The predicted octanol–water partition coefficient (Wildman–Crippen LogP) is 2.76. The van der Waals surface area contributed by atoms with Gasteiger partial charge in [-0.1, -0.05) is 18.2 Å². The predicted molar refractivity (Wildman–Crippen MR) is 55.8 cm³/mol. The van der Waals surface area contributed by atoms with Crippen LogP contribution in [0.2, 0.25) is 0 Å². The van der Waals surface area contributed by atoms with E-state index in [9.17, 15) is 4.39 Å². The molecule has 0 aliphatic carbocycles. The van der Waals surface area contributed by atoms with Crippen molar-refractivity contribution < 1.29 is 8.81 Å². The highest BCUT2D eigenvalue weighted by molar-refractivity contribution is 5.59. The maximum absolute atomic E-state index is 12.3. The molecule has 0 atom stereocenters. The Morgan fingerprint density at radius 3 is 2.75 bits per heavy atom. The Balaban J connectivity index is 2.28. The summed E-state index contributed by atoms with van der Waals surface area (Å²) < 4.78 is 17.3. The van der Waals surface area contributed by atoms with Crippen molar-refractivity contribution >= 4 is 11.6 Å². The van der Waals surface area contributed by atoms with E-state index in [2.05, 4.69) is 10.3 Å². The van der Waals surface area contributed by atoms with Gasteiger partial charge in [-0.3, -0.25) is 0 Å². The molecule has 0 aliphatic rings. The van der Waals surface area contributed by atoms with Crippen LogP contribution in [-0.4, -0.2) is 4.98 Å². The van der Waals surface area contributed by atoms with Crippen LogP contribution in [0.1, 0.15) is 11.6 Å². The van der Waals surface area contributed by atoms with Gasteiger partial charge in [-0.2, -0.15) is 10.2 Å². The smallest absolute Gasteiger partial charge is 0.236 e. The van der Waals surface area contributed by atoms with Crippen molar-refractivity contribution in [3.8, 4) is 6.07 Å². The second kappa shape index (κ2) is 4.45. The van der Waals surface area contributed by atoms with E-state index in [1.54, 1.807) is 12.1 Å². The maximum Gasteiger partial charge on any atom is 0.236 e. The zero-order valence-corrected chi connectivity index (χ0v) is 8.27. The molecule has 0 fully saturated rings. The van der Waals surface area contributed by atoms with E-state index in [4.69, 9.17) is 9.68 Å². The molecule has 16 heavy (non-hydrogen) atoms. The zero-order valence-electron chi connectivity index (χ0n) is 8.27. The molecular weight excluding hydrogens is 209 g/mol. The van der Waals surface area contributed by atoms with Gasteiger partial charge in [0.1, 0.15) is 6.07 Å². The molecule has 1 aromatic carbocycles. The highest BCUT2D eigenvalue weighted by atomic mass is 19.1. The third-order valence-electron chi connectivity index (χ3n) is 1.92. The SMILES string of the molecule is N#Cc1nc(CF)oc1Nc1ccccc1. The number of anilines is 2. The number of alkyl halides is 1. The summed E-state index contributed by atoms with van der Waals surface area (Å²) in [6, 6.07) is 11.0.